The Morgan fingerprint density at radius 3 is 2.44 bits per heavy atom. The standard InChI is InChI=1S/C28H26FN3O4/c1-17-5-7-18(8-6-17)16-32-24(27(34)30-22-13-14-22)25(36-28(32)35)20-3-2-4-23(15-20)31-26(33)19-9-11-21(29)12-10-19/h2-12,15,22,24-25H,13-14,16H2,1H3,(H,30,34)(H,31,33)/t24-,25+/m1/s1. The van der Waals surface area contributed by atoms with Crippen molar-refractivity contribution in [3.63, 3.8) is 0 Å². The number of hydrogen-bond donors (Lipinski definition) is 2. The molecule has 0 aromatic heterocycles. The van der Waals surface area contributed by atoms with Gasteiger partial charge in [0.15, 0.2) is 12.1 Å². The molecular weight excluding hydrogens is 461 g/mol. The fraction of sp³-hybridized carbons (Fsp3) is 0.250. The van der Waals surface area contributed by atoms with E-state index in [-0.39, 0.29) is 18.5 Å². The van der Waals surface area contributed by atoms with Gasteiger partial charge in [0.05, 0.1) is 6.54 Å². The molecule has 8 heteroatoms. The summed E-state index contributed by atoms with van der Waals surface area (Å²) in [6, 6.07) is 19.1. The van der Waals surface area contributed by atoms with Gasteiger partial charge in [0.1, 0.15) is 5.82 Å². The van der Waals surface area contributed by atoms with E-state index in [1.807, 2.05) is 31.2 Å². The average molecular weight is 488 g/mol. The molecule has 1 heterocycles. The summed E-state index contributed by atoms with van der Waals surface area (Å²) in [5.41, 5.74) is 3.35. The molecule has 0 bridgehead atoms. The highest BCUT2D eigenvalue weighted by Gasteiger charge is 2.48. The number of anilines is 1. The van der Waals surface area contributed by atoms with Crippen molar-refractivity contribution in [2.75, 3.05) is 5.32 Å². The number of cyclic esters (lactones) is 1. The summed E-state index contributed by atoms with van der Waals surface area (Å²) in [6.45, 7) is 2.22. The number of nitrogens with zero attached hydrogens (tertiary/aromatic N) is 1. The van der Waals surface area contributed by atoms with Gasteiger partial charge in [0.25, 0.3) is 5.91 Å². The van der Waals surface area contributed by atoms with Crippen molar-refractivity contribution >= 4 is 23.6 Å². The van der Waals surface area contributed by atoms with Crippen LogP contribution in [0.15, 0.2) is 72.8 Å². The lowest BCUT2D eigenvalue weighted by Crippen LogP contribution is -2.46. The molecule has 2 aliphatic rings. The van der Waals surface area contributed by atoms with Crippen LogP contribution in [0.1, 0.15) is 46.0 Å². The summed E-state index contributed by atoms with van der Waals surface area (Å²) in [6.07, 6.45) is 0.420. The van der Waals surface area contributed by atoms with Gasteiger partial charge in [-0.05, 0) is 67.3 Å². The van der Waals surface area contributed by atoms with Gasteiger partial charge < -0.3 is 15.4 Å². The first-order valence-electron chi connectivity index (χ1n) is 11.9. The Labute approximate surface area is 208 Å². The van der Waals surface area contributed by atoms with Crippen LogP contribution < -0.4 is 10.6 Å². The molecule has 0 unspecified atom stereocenters. The SMILES string of the molecule is Cc1ccc(CN2C(=O)O[C@@H](c3cccc(NC(=O)c4ccc(F)cc4)c3)[C@@H]2C(=O)NC2CC2)cc1. The number of carbonyl (C=O) groups is 3. The van der Waals surface area contributed by atoms with E-state index in [2.05, 4.69) is 10.6 Å². The number of aryl methyl sites for hydroxylation is 1. The largest absolute Gasteiger partial charge is 0.438 e. The van der Waals surface area contributed by atoms with E-state index < -0.39 is 30.0 Å². The summed E-state index contributed by atoms with van der Waals surface area (Å²) < 4.78 is 18.9. The average Bonchev–Trinajstić information content (AvgIpc) is 3.62. The van der Waals surface area contributed by atoms with Gasteiger partial charge in [0.2, 0.25) is 5.91 Å². The van der Waals surface area contributed by atoms with Crippen LogP contribution in [-0.2, 0) is 16.1 Å². The quantitative estimate of drug-likeness (QED) is 0.505. The van der Waals surface area contributed by atoms with Gasteiger partial charge in [-0.2, -0.15) is 0 Å². The summed E-state index contributed by atoms with van der Waals surface area (Å²) in [5.74, 6) is -1.09. The maximum Gasteiger partial charge on any atom is 0.411 e. The number of halogens is 1. The molecule has 3 amide bonds. The molecule has 0 radical (unpaired) electrons. The van der Waals surface area contributed by atoms with Crippen LogP contribution in [-0.4, -0.2) is 34.9 Å². The van der Waals surface area contributed by atoms with Crippen LogP contribution in [0, 0.1) is 12.7 Å². The predicted octanol–water partition coefficient (Wildman–Crippen LogP) is 4.73. The van der Waals surface area contributed by atoms with Crippen molar-refractivity contribution in [1.29, 1.82) is 0 Å². The van der Waals surface area contributed by atoms with Gasteiger partial charge in [-0.15, -0.1) is 0 Å². The molecule has 2 fully saturated rings. The molecule has 0 spiro atoms. The number of hydrogen-bond acceptors (Lipinski definition) is 4. The third-order valence-corrected chi connectivity index (χ3v) is 6.33. The second-order valence-electron chi connectivity index (χ2n) is 9.23. The molecule has 3 aromatic carbocycles. The third-order valence-electron chi connectivity index (χ3n) is 6.33. The van der Waals surface area contributed by atoms with E-state index in [9.17, 15) is 18.8 Å². The number of benzene rings is 3. The molecule has 5 rings (SSSR count). The number of ether oxygens (including phenoxy) is 1. The molecule has 1 aliphatic carbocycles. The van der Waals surface area contributed by atoms with Crippen molar-refractivity contribution in [2.24, 2.45) is 0 Å². The Morgan fingerprint density at radius 1 is 1.03 bits per heavy atom. The molecule has 184 valence electrons. The van der Waals surface area contributed by atoms with Crippen molar-refractivity contribution in [1.82, 2.24) is 10.2 Å². The van der Waals surface area contributed by atoms with E-state index in [1.165, 1.54) is 29.2 Å². The molecule has 1 saturated carbocycles. The van der Waals surface area contributed by atoms with Crippen LogP contribution in [0.4, 0.5) is 14.9 Å². The normalized spacial score (nSPS) is 19.1. The first kappa shape index (κ1) is 23.5. The minimum Gasteiger partial charge on any atom is -0.438 e. The van der Waals surface area contributed by atoms with Crippen molar-refractivity contribution < 1.29 is 23.5 Å². The van der Waals surface area contributed by atoms with Crippen LogP contribution in [0.5, 0.6) is 0 Å². The number of amides is 3. The molecule has 2 atom stereocenters. The maximum atomic E-state index is 13.3. The second kappa shape index (κ2) is 9.81. The number of rotatable bonds is 7. The highest BCUT2D eigenvalue weighted by molar-refractivity contribution is 6.04. The van der Waals surface area contributed by atoms with E-state index >= 15 is 0 Å². The van der Waals surface area contributed by atoms with Gasteiger partial charge >= 0.3 is 6.09 Å². The summed E-state index contributed by atoms with van der Waals surface area (Å²) in [7, 11) is 0. The van der Waals surface area contributed by atoms with Crippen LogP contribution in [0.2, 0.25) is 0 Å². The zero-order valence-electron chi connectivity index (χ0n) is 19.7. The lowest BCUT2D eigenvalue weighted by molar-refractivity contribution is -0.126. The molecule has 2 N–H and O–H groups in total. The molecular formula is C28H26FN3O4. The van der Waals surface area contributed by atoms with Crippen LogP contribution in [0.25, 0.3) is 0 Å². The Hall–Kier alpha value is -4.20. The van der Waals surface area contributed by atoms with Crippen molar-refractivity contribution in [2.45, 2.75) is 44.5 Å². The minimum absolute atomic E-state index is 0.122. The predicted molar refractivity (Wildman–Crippen MR) is 132 cm³/mol. The monoisotopic (exact) mass is 487 g/mol. The fourth-order valence-electron chi connectivity index (χ4n) is 4.21. The molecule has 1 aliphatic heterocycles. The summed E-state index contributed by atoms with van der Waals surface area (Å²) in [5, 5.41) is 5.78. The van der Waals surface area contributed by atoms with Crippen LogP contribution >= 0.6 is 0 Å². The first-order valence-corrected chi connectivity index (χ1v) is 11.9. The highest BCUT2D eigenvalue weighted by Crippen LogP contribution is 2.35. The highest BCUT2D eigenvalue weighted by atomic mass is 19.1. The Balaban J connectivity index is 1.39. The first-order chi connectivity index (χ1) is 17.4. The Morgan fingerprint density at radius 2 is 1.75 bits per heavy atom. The third kappa shape index (κ3) is 5.22. The minimum atomic E-state index is -0.859. The zero-order chi connectivity index (χ0) is 25.2. The van der Waals surface area contributed by atoms with E-state index in [4.69, 9.17) is 4.74 Å². The summed E-state index contributed by atoms with van der Waals surface area (Å²) >= 11 is 0. The summed E-state index contributed by atoms with van der Waals surface area (Å²) in [4.78, 5) is 40.3. The van der Waals surface area contributed by atoms with E-state index in [0.29, 0.717) is 16.8 Å². The van der Waals surface area contributed by atoms with Gasteiger partial charge in [-0.25, -0.2) is 9.18 Å². The van der Waals surface area contributed by atoms with Gasteiger partial charge in [0, 0.05) is 17.3 Å². The molecule has 1 saturated heterocycles. The van der Waals surface area contributed by atoms with E-state index in [1.54, 1.807) is 24.3 Å². The lowest BCUT2D eigenvalue weighted by Gasteiger charge is -2.24. The van der Waals surface area contributed by atoms with Gasteiger partial charge in [-0.3, -0.25) is 14.5 Å². The van der Waals surface area contributed by atoms with Crippen LogP contribution in [0.3, 0.4) is 0 Å². The maximum absolute atomic E-state index is 13.3. The fourth-order valence-corrected chi connectivity index (χ4v) is 4.21. The number of carbonyl (C=O) groups excluding carboxylic acids is 3. The van der Waals surface area contributed by atoms with E-state index in [0.717, 1.165) is 24.0 Å². The topological polar surface area (TPSA) is 87.7 Å². The molecule has 3 aromatic rings. The molecule has 36 heavy (non-hydrogen) atoms. The lowest BCUT2D eigenvalue weighted by atomic mass is 10.00. The van der Waals surface area contributed by atoms with Crippen molar-refractivity contribution in [3.05, 3.63) is 101 Å². The second-order valence-corrected chi connectivity index (χ2v) is 9.23. The number of nitrogens with one attached hydrogen (secondary N) is 2. The zero-order valence-corrected chi connectivity index (χ0v) is 19.7. The Bertz CT molecular complexity index is 1290. The van der Waals surface area contributed by atoms with Gasteiger partial charge in [-0.1, -0.05) is 42.0 Å². The smallest absolute Gasteiger partial charge is 0.411 e. The van der Waals surface area contributed by atoms with Crippen molar-refractivity contribution in [3.8, 4) is 0 Å². The Kier molecular flexibility index (Phi) is 6.41. The molecule has 7 nitrogen and oxygen atoms in total.